The number of piperidine rings is 1. The molecule has 1 fully saturated rings. The Kier molecular flexibility index (Phi) is 9.73. The molecule has 1 aliphatic rings. The second kappa shape index (κ2) is 12.1. The van der Waals surface area contributed by atoms with Crippen LogP contribution in [0.25, 0.3) is 0 Å². The van der Waals surface area contributed by atoms with E-state index in [1.807, 2.05) is 0 Å². The van der Waals surface area contributed by atoms with E-state index in [2.05, 4.69) is 5.32 Å². The lowest BCUT2D eigenvalue weighted by atomic mass is 9.97. The number of nitrogens with one attached hydrogen (secondary N) is 1. The first-order valence-electron chi connectivity index (χ1n) is 10.4. The zero-order chi connectivity index (χ0) is 24.0. The molecule has 1 aliphatic heterocycles. The molecule has 0 aromatic heterocycles. The van der Waals surface area contributed by atoms with Crippen LogP contribution in [0.2, 0.25) is 15.1 Å². The molecule has 0 spiro atoms. The molecule has 2 aromatic carbocycles. The third kappa shape index (κ3) is 7.47. The number of halogens is 4. The molecule has 0 aliphatic carbocycles. The van der Waals surface area contributed by atoms with Gasteiger partial charge in [-0.25, -0.2) is 17.1 Å². The lowest BCUT2D eigenvalue weighted by Crippen LogP contribution is -2.43. The third-order valence-electron chi connectivity index (χ3n) is 5.40. The van der Waals surface area contributed by atoms with Crippen LogP contribution in [0.15, 0.2) is 36.4 Å². The Morgan fingerprint density at radius 1 is 1.09 bits per heavy atom. The molecule has 180 valence electrons. The lowest BCUT2D eigenvalue weighted by molar-refractivity contribution is -0.125. The first kappa shape index (κ1) is 26.6. The molecule has 11 heteroatoms. The van der Waals surface area contributed by atoms with Crippen molar-refractivity contribution in [2.45, 2.75) is 24.3 Å². The zero-order valence-corrected chi connectivity index (χ0v) is 21.6. The molecule has 1 amide bonds. The number of sulfonamides is 1. The summed E-state index contributed by atoms with van der Waals surface area (Å²) in [5.74, 6) is 0.238. The van der Waals surface area contributed by atoms with E-state index in [4.69, 9.17) is 34.8 Å². The lowest BCUT2D eigenvalue weighted by Gasteiger charge is -2.30. The van der Waals surface area contributed by atoms with Gasteiger partial charge in [0, 0.05) is 47.6 Å². The van der Waals surface area contributed by atoms with Gasteiger partial charge in [0.2, 0.25) is 15.9 Å². The average Bonchev–Trinajstić information content (AvgIpc) is 2.77. The van der Waals surface area contributed by atoms with E-state index in [1.165, 1.54) is 22.1 Å². The molecule has 0 atom stereocenters. The van der Waals surface area contributed by atoms with Crippen LogP contribution in [-0.4, -0.2) is 44.0 Å². The highest BCUT2D eigenvalue weighted by Gasteiger charge is 2.31. The van der Waals surface area contributed by atoms with Gasteiger partial charge >= 0.3 is 0 Å². The minimum Gasteiger partial charge on any atom is -0.355 e. The quantitative estimate of drug-likeness (QED) is 0.424. The average molecular weight is 554 g/mol. The SMILES string of the molecule is O=C(NCCSCc1c(F)cccc1Cl)C1CCN(S(=O)(=O)Cc2ccc(Cl)c(Cl)c2)CC1. The maximum atomic E-state index is 13.8. The number of hydrogen-bond donors (Lipinski definition) is 1. The third-order valence-corrected chi connectivity index (χ3v) is 9.33. The van der Waals surface area contributed by atoms with Crippen LogP contribution in [0.3, 0.4) is 0 Å². The van der Waals surface area contributed by atoms with E-state index in [0.717, 1.165) is 0 Å². The predicted molar refractivity (Wildman–Crippen MR) is 134 cm³/mol. The largest absolute Gasteiger partial charge is 0.355 e. The van der Waals surface area contributed by atoms with Crippen molar-refractivity contribution in [3.8, 4) is 0 Å². The number of carbonyl (C=O) groups is 1. The standard InChI is InChI=1S/C22H24Cl3FN2O3S2/c23-18-2-1-3-21(26)17(18)13-32-11-8-27-22(29)16-6-9-28(10-7-16)33(30,31)14-15-4-5-19(24)20(25)12-15/h1-5,12,16H,6-11,13-14H2,(H,27,29). The van der Waals surface area contributed by atoms with Crippen LogP contribution < -0.4 is 5.32 Å². The van der Waals surface area contributed by atoms with Crippen molar-refractivity contribution in [2.75, 3.05) is 25.4 Å². The van der Waals surface area contributed by atoms with Crippen molar-refractivity contribution in [1.82, 2.24) is 9.62 Å². The fourth-order valence-electron chi connectivity index (χ4n) is 3.56. The van der Waals surface area contributed by atoms with E-state index in [0.29, 0.717) is 70.2 Å². The maximum Gasteiger partial charge on any atom is 0.223 e. The van der Waals surface area contributed by atoms with E-state index < -0.39 is 10.0 Å². The first-order valence-corrected chi connectivity index (χ1v) is 14.3. The van der Waals surface area contributed by atoms with Crippen LogP contribution >= 0.6 is 46.6 Å². The minimum atomic E-state index is -3.52. The van der Waals surface area contributed by atoms with Crippen molar-refractivity contribution in [2.24, 2.45) is 5.92 Å². The summed E-state index contributed by atoms with van der Waals surface area (Å²) in [6.45, 7) is 1.04. The molecule has 1 saturated heterocycles. The number of thioether (sulfide) groups is 1. The number of nitrogens with zero attached hydrogens (tertiary/aromatic N) is 1. The highest BCUT2D eigenvalue weighted by Crippen LogP contribution is 2.26. The summed E-state index contributed by atoms with van der Waals surface area (Å²) < 4.78 is 40.7. The van der Waals surface area contributed by atoms with Crippen LogP contribution in [-0.2, 0) is 26.3 Å². The number of carbonyl (C=O) groups excluding carboxylic acids is 1. The van der Waals surface area contributed by atoms with Gasteiger partial charge in [-0.15, -0.1) is 0 Å². The number of amides is 1. The van der Waals surface area contributed by atoms with Gasteiger partial charge in [-0.05, 0) is 42.7 Å². The molecule has 2 aromatic rings. The van der Waals surface area contributed by atoms with Crippen molar-refractivity contribution in [3.05, 3.63) is 68.4 Å². The number of rotatable bonds is 9. The molecule has 0 bridgehead atoms. The monoisotopic (exact) mass is 552 g/mol. The molecular formula is C22H24Cl3FN2O3S2. The van der Waals surface area contributed by atoms with Gasteiger partial charge in [-0.3, -0.25) is 4.79 Å². The summed E-state index contributed by atoms with van der Waals surface area (Å²) in [7, 11) is -3.52. The van der Waals surface area contributed by atoms with Crippen molar-refractivity contribution in [3.63, 3.8) is 0 Å². The fraction of sp³-hybridized carbons (Fsp3) is 0.409. The van der Waals surface area contributed by atoms with Crippen LogP contribution in [0, 0.1) is 11.7 Å². The Bertz CT molecular complexity index is 1070. The number of benzene rings is 2. The van der Waals surface area contributed by atoms with E-state index in [1.54, 1.807) is 30.3 Å². The Morgan fingerprint density at radius 3 is 2.48 bits per heavy atom. The smallest absolute Gasteiger partial charge is 0.223 e. The van der Waals surface area contributed by atoms with Crippen molar-refractivity contribution in [1.29, 1.82) is 0 Å². The summed E-state index contributed by atoms with van der Waals surface area (Å²) in [6, 6.07) is 9.37. The molecule has 3 rings (SSSR count). The number of hydrogen-bond acceptors (Lipinski definition) is 4. The van der Waals surface area contributed by atoms with Crippen molar-refractivity contribution < 1.29 is 17.6 Å². The van der Waals surface area contributed by atoms with Gasteiger partial charge in [0.05, 0.1) is 15.8 Å². The van der Waals surface area contributed by atoms with Crippen molar-refractivity contribution >= 4 is 62.5 Å². The van der Waals surface area contributed by atoms with Crippen LogP contribution in [0.1, 0.15) is 24.0 Å². The topological polar surface area (TPSA) is 66.5 Å². The predicted octanol–water partition coefficient (Wildman–Crippen LogP) is 5.38. The second-order valence-electron chi connectivity index (χ2n) is 7.72. The fourth-order valence-corrected chi connectivity index (χ4v) is 6.63. The summed E-state index contributed by atoms with van der Waals surface area (Å²) in [4.78, 5) is 12.5. The van der Waals surface area contributed by atoms with Gasteiger partial charge in [0.1, 0.15) is 5.82 Å². The highest BCUT2D eigenvalue weighted by molar-refractivity contribution is 7.98. The molecule has 1 N–H and O–H groups in total. The summed E-state index contributed by atoms with van der Waals surface area (Å²) in [5, 5.41) is 3.98. The summed E-state index contributed by atoms with van der Waals surface area (Å²) >= 11 is 19.4. The van der Waals surface area contributed by atoms with Crippen LogP contribution in [0.5, 0.6) is 0 Å². The Hall–Kier alpha value is -1.03. The minimum absolute atomic E-state index is 0.0824. The van der Waals surface area contributed by atoms with Gasteiger partial charge < -0.3 is 5.32 Å². The zero-order valence-electron chi connectivity index (χ0n) is 17.7. The van der Waals surface area contributed by atoms with Crippen LogP contribution in [0.4, 0.5) is 4.39 Å². The summed E-state index contributed by atoms with van der Waals surface area (Å²) in [5.41, 5.74) is 1.03. The van der Waals surface area contributed by atoms with Gasteiger partial charge in [-0.2, -0.15) is 11.8 Å². The van der Waals surface area contributed by atoms with E-state index >= 15 is 0 Å². The molecule has 0 radical (unpaired) electrons. The molecule has 0 unspecified atom stereocenters. The highest BCUT2D eigenvalue weighted by atomic mass is 35.5. The van der Waals surface area contributed by atoms with Gasteiger partial charge in [0.25, 0.3) is 0 Å². The maximum absolute atomic E-state index is 13.8. The molecule has 1 heterocycles. The Morgan fingerprint density at radius 2 is 1.82 bits per heavy atom. The van der Waals surface area contributed by atoms with Gasteiger partial charge in [-0.1, -0.05) is 46.9 Å². The second-order valence-corrected chi connectivity index (χ2v) is 12.0. The normalized spacial score (nSPS) is 15.5. The van der Waals surface area contributed by atoms with E-state index in [9.17, 15) is 17.6 Å². The Balaban J connectivity index is 1.39. The van der Waals surface area contributed by atoms with Gasteiger partial charge in [0.15, 0.2) is 0 Å². The van der Waals surface area contributed by atoms with E-state index in [-0.39, 0.29) is 23.4 Å². The molecule has 5 nitrogen and oxygen atoms in total. The molecular weight excluding hydrogens is 530 g/mol. The molecule has 0 saturated carbocycles. The summed E-state index contributed by atoms with van der Waals surface area (Å²) in [6.07, 6.45) is 0.925. The first-order chi connectivity index (χ1) is 15.7. The Labute approximate surface area is 213 Å². The molecule has 33 heavy (non-hydrogen) atoms.